The van der Waals surface area contributed by atoms with E-state index in [1.807, 2.05) is 31.2 Å². The number of hydrogen-bond donors (Lipinski definition) is 0. The molecule has 0 aliphatic carbocycles. The summed E-state index contributed by atoms with van der Waals surface area (Å²) in [6.45, 7) is 7.04. The lowest BCUT2D eigenvalue weighted by Gasteiger charge is -2.32. The first-order chi connectivity index (χ1) is 12.2. The number of aromatic nitrogens is 4. The van der Waals surface area contributed by atoms with Crippen LogP contribution >= 0.6 is 0 Å². The number of hydrogen-bond acceptors (Lipinski definition) is 6. The number of rotatable bonds is 5. The lowest BCUT2D eigenvalue weighted by atomic mass is 10.2. The highest BCUT2D eigenvalue weighted by atomic mass is 16.5. The number of fused-ring (bicyclic) bond motifs is 1. The lowest BCUT2D eigenvalue weighted by Crippen LogP contribution is -2.37. The molecule has 0 fully saturated rings. The van der Waals surface area contributed by atoms with Crippen molar-refractivity contribution in [3.63, 3.8) is 0 Å². The summed E-state index contributed by atoms with van der Waals surface area (Å²) in [6, 6.07) is 7.95. The third-order valence-electron chi connectivity index (χ3n) is 4.58. The molecule has 7 heteroatoms. The zero-order chi connectivity index (χ0) is 17.2. The van der Waals surface area contributed by atoms with Gasteiger partial charge in [-0.15, -0.1) is 10.2 Å². The Balaban J connectivity index is 1.44. The van der Waals surface area contributed by atoms with E-state index in [0.717, 1.165) is 48.5 Å². The van der Waals surface area contributed by atoms with Crippen molar-refractivity contribution in [1.82, 2.24) is 24.6 Å². The van der Waals surface area contributed by atoms with E-state index in [1.165, 1.54) is 0 Å². The summed E-state index contributed by atoms with van der Waals surface area (Å²) in [5.41, 5.74) is 0.970. The predicted octanol–water partition coefficient (Wildman–Crippen LogP) is 2.73. The Hall–Kier alpha value is -2.67. The van der Waals surface area contributed by atoms with Gasteiger partial charge < -0.3 is 13.7 Å². The molecule has 7 nitrogen and oxygen atoms in total. The van der Waals surface area contributed by atoms with Crippen LogP contribution in [-0.4, -0.2) is 31.2 Å². The highest BCUT2D eigenvalue weighted by Gasteiger charge is 2.28. The molecule has 1 aliphatic heterocycles. The van der Waals surface area contributed by atoms with Gasteiger partial charge in [0.1, 0.15) is 23.9 Å². The van der Waals surface area contributed by atoms with Gasteiger partial charge in [0.15, 0.2) is 5.82 Å². The number of aryl methyl sites for hydroxylation is 1. The van der Waals surface area contributed by atoms with E-state index < -0.39 is 0 Å². The summed E-state index contributed by atoms with van der Waals surface area (Å²) in [4.78, 5) is 6.59. The van der Waals surface area contributed by atoms with E-state index in [2.05, 4.69) is 31.6 Å². The molecule has 1 unspecified atom stereocenters. The molecule has 0 N–H and O–H groups in total. The Morgan fingerprint density at radius 1 is 1.24 bits per heavy atom. The summed E-state index contributed by atoms with van der Waals surface area (Å²) in [7, 11) is 0. The van der Waals surface area contributed by atoms with Crippen LogP contribution in [-0.2, 0) is 19.7 Å². The number of furan rings is 1. The van der Waals surface area contributed by atoms with Gasteiger partial charge in [-0.05, 0) is 38.1 Å². The SMILES string of the molecule is Cc1ccc(OCc2nnc3n2CCN(Cc2ccco2)C3C)cn1. The van der Waals surface area contributed by atoms with E-state index >= 15 is 0 Å². The Labute approximate surface area is 146 Å². The molecule has 0 spiro atoms. The number of ether oxygens (including phenoxy) is 1. The van der Waals surface area contributed by atoms with Gasteiger partial charge in [-0.1, -0.05) is 0 Å². The molecule has 1 atom stereocenters. The smallest absolute Gasteiger partial charge is 0.171 e. The van der Waals surface area contributed by atoms with Gasteiger partial charge in [-0.25, -0.2) is 0 Å². The summed E-state index contributed by atoms with van der Waals surface area (Å²) in [5, 5.41) is 8.72. The first kappa shape index (κ1) is 15.8. The van der Waals surface area contributed by atoms with Gasteiger partial charge in [0.05, 0.1) is 25.0 Å². The summed E-state index contributed by atoms with van der Waals surface area (Å²) in [5.74, 6) is 3.53. The van der Waals surface area contributed by atoms with Gasteiger partial charge in [0, 0.05) is 18.8 Å². The minimum atomic E-state index is 0.182. The topological polar surface area (TPSA) is 69.2 Å². The van der Waals surface area contributed by atoms with Crippen molar-refractivity contribution in [1.29, 1.82) is 0 Å². The minimum Gasteiger partial charge on any atom is -0.484 e. The average Bonchev–Trinajstić information content (AvgIpc) is 3.27. The number of pyridine rings is 1. The fraction of sp³-hybridized carbons (Fsp3) is 0.389. The zero-order valence-electron chi connectivity index (χ0n) is 14.4. The quantitative estimate of drug-likeness (QED) is 0.712. The lowest BCUT2D eigenvalue weighted by molar-refractivity contribution is 0.142. The second-order valence-corrected chi connectivity index (χ2v) is 6.28. The van der Waals surface area contributed by atoms with E-state index in [1.54, 1.807) is 12.5 Å². The molecule has 3 aromatic rings. The van der Waals surface area contributed by atoms with Crippen LogP contribution < -0.4 is 4.74 Å². The molecular formula is C18H21N5O2. The van der Waals surface area contributed by atoms with Crippen LogP contribution in [0, 0.1) is 6.92 Å². The van der Waals surface area contributed by atoms with Crippen LogP contribution in [0.25, 0.3) is 0 Å². The van der Waals surface area contributed by atoms with Crippen molar-refractivity contribution in [2.75, 3.05) is 6.54 Å². The van der Waals surface area contributed by atoms with Crippen molar-refractivity contribution in [3.8, 4) is 5.75 Å². The second-order valence-electron chi connectivity index (χ2n) is 6.28. The molecule has 4 rings (SSSR count). The Morgan fingerprint density at radius 2 is 2.16 bits per heavy atom. The average molecular weight is 339 g/mol. The molecular weight excluding hydrogens is 318 g/mol. The predicted molar refractivity (Wildman–Crippen MR) is 90.9 cm³/mol. The van der Waals surface area contributed by atoms with Gasteiger partial charge in [0.25, 0.3) is 0 Å². The molecule has 0 saturated heterocycles. The summed E-state index contributed by atoms with van der Waals surface area (Å²) < 4.78 is 13.4. The van der Waals surface area contributed by atoms with Crippen LogP contribution in [0.2, 0.25) is 0 Å². The van der Waals surface area contributed by atoms with Crippen molar-refractivity contribution in [3.05, 3.63) is 59.8 Å². The van der Waals surface area contributed by atoms with Crippen molar-refractivity contribution in [2.24, 2.45) is 0 Å². The normalized spacial score (nSPS) is 17.4. The van der Waals surface area contributed by atoms with Gasteiger partial charge >= 0.3 is 0 Å². The fourth-order valence-corrected chi connectivity index (χ4v) is 3.10. The standard InChI is InChI=1S/C18H21N5O2/c1-13-5-6-15(10-19-13)25-12-17-20-21-18-14(2)22(7-8-23(17)18)11-16-4-3-9-24-16/h3-6,9-10,14H,7-8,11-12H2,1-2H3. The third-order valence-corrected chi connectivity index (χ3v) is 4.58. The van der Waals surface area contributed by atoms with Crippen molar-refractivity contribution < 1.29 is 9.15 Å². The van der Waals surface area contributed by atoms with E-state index in [-0.39, 0.29) is 6.04 Å². The molecule has 0 bridgehead atoms. The molecule has 1 aliphatic rings. The largest absolute Gasteiger partial charge is 0.484 e. The maximum Gasteiger partial charge on any atom is 0.171 e. The van der Waals surface area contributed by atoms with Crippen molar-refractivity contribution >= 4 is 0 Å². The minimum absolute atomic E-state index is 0.182. The van der Waals surface area contributed by atoms with Crippen LogP contribution in [0.5, 0.6) is 5.75 Å². The maximum atomic E-state index is 5.80. The highest BCUT2D eigenvalue weighted by Crippen LogP contribution is 2.26. The molecule has 4 heterocycles. The first-order valence-corrected chi connectivity index (χ1v) is 8.44. The molecule has 25 heavy (non-hydrogen) atoms. The molecule has 0 saturated carbocycles. The van der Waals surface area contributed by atoms with Gasteiger partial charge in [-0.3, -0.25) is 9.88 Å². The van der Waals surface area contributed by atoms with Crippen LogP contribution in [0.3, 0.4) is 0 Å². The fourth-order valence-electron chi connectivity index (χ4n) is 3.10. The molecule has 130 valence electrons. The van der Waals surface area contributed by atoms with Crippen LogP contribution in [0.4, 0.5) is 0 Å². The van der Waals surface area contributed by atoms with Crippen molar-refractivity contribution in [2.45, 2.75) is 39.6 Å². The first-order valence-electron chi connectivity index (χ1n) is 8.44. The summed E-state index contributed by atoms with van der Waals surface area (Å²) >= 11 is 0. The second kappa shape index (κ2) is 6.68. The molecule has 0 aromatic carbocycles. The molecule has 3 aromatic heterocycles. The zero-order valence-corrected chi connectivity index (χ0v) is 14.4. The van der Waals surface area contributed by atoms with E-state index in [0.29, 0.717) is 6.61 Å². The molecule has 0 amide bonds. The Morgan fingerprint density at radius 3 is 2.92 bits per heavy atom. The Kier molecular flexibility index (Phi) is 4.23. The highest BCUT2D eigenvalue weighted by molar-refractivity contribution is 5.19. The summed E-state index contributed by atoms with van der Waals surface area (Å²) in [6.07, 6.45) is 3.44. The molecule has 0 radical (unpaired) electrons. The number of nitrogens with zero attached hydrogens (tertiary/aromatic N) is 5. The van der Waals surface area contributed by atoms with Crippen LogP contribution in [0.1, 0.15) is 36.1 Å². The van der Waals surface area contributed by atoms with Gasteiger partial charge in [0.2, 0.25) is 0 Å². The Bertz CT molecular complexity index is 826. The monoisotopic (exact) mass is 339 g/mol. The third kappa shape index (κ3) is 3.28. The van der Waals surface area contributed by atoms with Crippen LogP contribution in [0.15, 0.2) is 41.1 Å². The van der Waals surface area contributed by atoms with E-state index in [9.17, 15) is 0 Å². The van der Waals surface area contributed by atoms with Gasteiger partial charge in [-0.2, -0.15) is 0 Å². The van der Waals surface area contributed by atoms with E-state index in [4.69, 9.17) is 9.15 Å². The maximum absolute atomic E-state index is 5.80.